The van der Waals surface area contributed by atoms with Crippen LogP contribution in [0.2, 0.25) is 0 Å². The summed E-state index contributed by atoms with van der Waals surface area (Å²) < 4.78 is 5.20. The molecule has 7 heteroatoms. The molecule has 0 bridgehead atoms. The highest BCUT2D eigenvalue weighted by Gasteiger charge is 2.39. The maximum absolute atomic E-state index is 12.5. The summed E-state index contributed by atoms with van der Waals surface area (Å²) in [5.41, 5.74) is 1.10. The Labute approximate surface area is 138 Å². The second-order valence-electron chi connectivity index (χ2n) is 5.51. The van der Waals surface area contributed by atoms with Gasteiger partial charge in [0.05, 0.1) is 31.0 Å². The Kier molecular flexibility index (Phi) is 4.43. The van der Waals surface area contributed by atoms with Gasteiger partial charge in [0.1, 0.15) is 5.76 Å². The third-order valence-corrected chi connectivity index (χ3v) is 3.70. The van der Waals surface area contributed by atoms with E-state index < -0.39 is 6.04 Å². The third kappa shape index (κ3) is 3.36. The molecule has 0 spiro atoms. The average Bonchev–Trinajstić information content (AvgIpc) is 3.14. The zero-order valence-corrected chi connectivity index (χ0v) is 13.1. The Morgan fingerprint density at radius 2 is 2.00 bits per heavy atom. The van der Waals surface area contributed by atoms with Gasteiger partial charge in [-0.25, -0.2) is 4.90 Å². The molecule has 24 heavy (non-hydrogen) atoms. The van der Waals surface area contributed by atoms with E-state index in [0.717, 1.165) is 4.90 Å². The lowest BCUT2D eigenvalue weighted by Crippen LogP contribution is -2.38. The molecule has 1 fully saturated rings. The topological polar surface area (TPSA) is 91.7 Å². The average molecular weight is 327 g/mol. The van der Waals surface area contributed by atoms with E-state index in [9.17, 15) is 14.4 Å². The molecule has 2 N–H and O–H groups in total. The van der Waals surface area contributed by atoms with Crippen LogP contribution >= 0.6 is 0 Å². The molecule has 0 unspecified atom stereocenters. The van der Waals surface area contributed by atoms with Gasteiger partial charge in [-0.15, -0.1) is 0 Å². The summed E-state index contributed by atoms with van der Waals surface area (Å²) in [6.07, 6.45) is 1.66. The van der Waals surface area contributed by atoms with Crippen LogP contribution in [0.15, 0.2) is 47.1 Å². The second kappa shape index (κ2) is 6.67. The maximum atomic E-state index is 12.5. The number of hydrogen-bond donors (Lipinski definition) is 2. The van der Waals surface area contributed by atoms with E-state index in [1.54, 1.807) is 42.7 Å². The molecule has 1 aliphatic heterocycles. The molecule has 1 aliphatic rings. The summed E-state index contributed by atoms with van der Waals surface area (Å²) in [5.74, 6) is -0.0327. The van der Waals surface area contributed by atoms with Gasteiger partial charge in [-0.05, 0) is 36.4 Å². The summed E-state index contributed by atoms with van der Waals surface area (Å²) >= 11 is 0. The lowest BCUT2D eigenvalue weighted by Gasteiger charge is -2.16. The summed E-state index contributed by atoms with van der Waals surface area (Å²) in [6, 6.07) is 9.57. The van der Waals surface area contributed by atoms with Gasteiger partial charge in [0.2, 0.25) is 11.8 Å². The van der Waals surface area contributed by atoms with Crippen LogP contribution in [-0.2, 0) is 20.9 Å². The molecule has 1 saturated heterocycles. The third-order valence-electron chi connectivity index (χ3n) is 3.70. The normalized spacial score (nSPS) is 17.4. The van der Waals surface area contributed by atoms with E-state index in [2.05, 4.69) is 10.6 Å². The van der Waals surface area contributed by atoms with Crippen LogP contribution in [0.4, 0.5) is 11.4 Å². The number of anilines is 2. The molecule has 0 radical (unpaired) electrons. The van der Waals surface area contributed by atoms with Gasteiger partial charge in [0, 0.05) is 12.6 Å². The van der Waals surface area contributed by atoms with Crippen molar-refractivity contribution in [2.24, 2.45) is 0 Å². The summed E-state index contributed by atoms with van der Waals surface area (Å²) in [7, 11) is 0. The number of nitrogens with one attached hydrogen (secondary N) is 2. The molecule has 1 aromatic heterocycles. The Hall–Kier alpha value is -2.93. The van der Waals surface area contributed by atoms with E-state index in [-0.39, 0.29) is 24.1 Å². The fourth-order valence-corrected chi connectivity index (χ4v) is 2.60. The zero-order chi connectivity index (χ0) is 17.1. The van der Waals surface area contributed by atoms with Crippen molar-refractivity contribution < 1.29 is 18.8 Å². The highest BCUT2D eigenvalue weighted by Crippen LogP contribution is 2.24. The smallest absolute Gasteiger partial charge is 0.251 e. The van der Waals surface area contributed by atoms with Crippen LogP contribution < -0.4 is 15.5 Å². The standard InChI is InChI=1S/C17H17N3O4/c1-11(21)19-12-4-6-13(7-5-12)20-16(22)9-15(17(20)23)18-10-14-3-2-8-24-14/h2-8,15,18H,9-10H2,1H3,(H,19,21)/t15-/m1/s1. The van der Waals surface area contributed by atoms with Gasteiger partial charge in [-0.3, -0.25) is 19.7 Å². The van der Waals surface area contributed by atoms with Crippen LogP contribution in [0.5, 0.6) is 0 Å². The molecule has 2 aromatic rings. The summed E-state index contributed by atoms with van der Waals surface area (Å²) in [6.45, 7) is 1.79. The summed E-state index contributed by atoms with van der Waals surface area (Å²) in [5, 5.41) is 5.68. The van der Waals surface area contributed by atoms with Crippen molar-refractivity contribution in [3.05, 3.63) is 48.4 Å². The second-order valence-corrected chi connectivity index (χ2v) is 5.51. The quantitative estimate of drug-likeness (QED) is 0.815. The van der Waals surface area contributed by atoms with E-state index in [4.69, 9.17) is 4.42 Å². The summed E-state index contributed by atoms with van der Waals surface area (Å²) in [4.78, 5) is 36.9. The lowest BCUT2D eigenvalue weighted by atomic mass is 10.2. The van der Waals surface area contributed by atoms with Gasteiger partial charge < -0.3 is 9.73 Å². The number of hydrogen-bond acceptors (Lipinski definition) is 5. The predicted octanol–water partition coefficient (Wildman–Crippen LogP) is 1.66. The van der Waals surface area contributed by atoms with Crippen LogP contribution in [-0.4, -0.2) is 23.8 Å². The molecule has 0 aliphatic carbocycles. The first-order chi connectivity index (χ1) is 11.5. The number of rotatable bonds is 5. The Morgan fingerprint density at radius 3 is 2.62 bits per heavy atom. The highest BCUT2D eigenvalue weighted by atomic mass is 16.3. The molecular weight excluding hydrogens is 310 g/mol. The van der Waals surface area contributed by atoms with Gasteiger partial charge in [-0.1, -0.05) is 0 Å². The number of furan rings is 1. The first-order valence-electron chi connectivity index (χ1n) is 7.55. The molecular formula is C17H17N3O4. The van der Waals surface area contributed by atoms with Crippen molar-refractivity contribution in [3.63, 3.8) is 0 Å². The minimum Gasteiger partial charge on any atom is -0.468 e. The monoisotopic (exact) mass is 327 g/mol. The molecule has 2 heterocycles. The molecule has 0 saturated carbocycles. The van der Waals surface area contributed by atoms with Crippen molar-refractivity contribution in [1.82, 2.24) is 5.32 Å². The van der Waals surface area contributed by atoms with Crippen molar-refractivity contribution in [1.29, 1.82) is 0 Å². The fraction of sp³-hybridized carbons (Fsp3) is 0.235. The molecule has 124 valence electrons. The van der Waals surface area contributed by atoms with E-state index in [1.165, 1.54) is 6.92 Å². The number of nitrogens with zero attached hydrogens (tertiary/aromatic N) is 1. The zero-order valence-electron chi connectivity index (χ0n) is 13.1. The largest absolute Gasteiger partial charge is 0.468 e. The van der Waals surface area contributed by atoms with E-state index >= 15 is 0 Å². The van der Waals surface area contributed by atoms with Crippen molar-refractivity contribution in [3.8, 4) is 0 Å². The first kappa shape index (κ1) is 15.9. The van der Waals surface area contributed by atoms with Gasteiger partial charge in [-0.2, -0.15) is 0 Å². The van der Waals surface area contributed by atoms with Gasteiger partial charge in [0.15, 0.2) is 0 Å². The van der Waals surface area contributed by atoms with Crippen molar-refractivity contribution >= 4 is 29.1 Å². The van der Waals surface area contributed by atoms with E-state index in [0.29, 0.717) is 23.7 Å². The molecule has 1 atom stereocenters. The number of imide groups is 1. The van der Waals surface area contributed by atoms with Crippen LogP contribution in [0.1, 0.15) is 19.1 Å². The Bertz CT molecular complexity index is 753. The van der Waals surface area contributed by atoms with Crippen molar-refractivity contribution in [2.45, 2.75) is 25.9 Å². The van der Waals surface area contributed by atoms with Gasteiger partial charge >= 0.3 is 0 Å². The maximum Gasteiger partial charge on any atom is 0.251 e. The Balaban J connectivity index is 1.68. The van der Waals surface area contributed by atoms with E-state index in [1.807, 2.05) is 0 Å². The van der Waals surface area contributed by atoms with Crippen LogP contribution in [0, 0.1) is 0 Å². The molecule has 3 rings (SSSR count). The predicted molar refractivity (Wildman–Crippen MR) is 87.2 cm³/mol. The van der Waals surface area contributed by atoms with Crippen molar-refractivity contribution in [2.75, 3.05) is 10.2 Å². The SMILES string of the molecule is CC(=O)Nc1ccc(N2C(=O)C[C@@H](NCc3ccco3)C2=O)cc1. The van der Waals surface area contributed by atoms with Crippen LogP contribution in [0.25, 0.3) is 0 Å². The molecule has 3 amide bonds. The molecule has 1 aromatic carbocycles. The van der Waals surface area contributed by atoms with Gasteiger partial charge in [0.25, 0.3) is 5.91 Å². The number of amides is 3. The lowest BCUT2D eigenvalue weighted by molar-refractivity contribution is -0.121. The van der Waals surface area contributed by atoms with Crippen LogP contribution in [0.3, 0.4) is 0 Å². The fourth-order valence-electron chi connectivity index (χ4n) is 2.60. The molecule has 7 nitrogen and oxygen atoms in total. The highest BCUT2D eigenvalue weighted by molar-refractivity contribution is 6.22. The number of carbonyl (C=O) groups is 3. The Morgan fingerprint density at radius 1 is 1.25 bits per heavy atom. The minimum absolute atomic E-state index is 0.104. The number of benzene rings is 1. The first-order valence-corrected chi connectivity index (χ1v) is 7.55. The minimum atomic E-state index is -0.572. The number of carbonyl (C=O) groups excluding carboxylic acids is 3.